The maximum atomic E-state index is 9.60. The van der Waals surface area contributed by atoms with Crippen molar-refractivity contribution in [3.8, 4) is 22.9 Å². The Balaban J connectivity index is 1.01. The van der Waals surface area contributed by atoms with Crippen molar-refractivity contribution in [3.05, 3.63) is 199 Å². The topological polar surface area (TPSA) is 58.0 Å². The minimum atomic E-state index is 0.611. The summed E-state index contributed by atoms with van der Waals surface area (Å²) in [4.78, 5) is 0. The second-order valence-electron chi connectivity index (χ2n) is 15.5. The number of para-hydroxylation sites is 3. The average Bonchev–Trinajstić information content (AvgIpc) is 3.97. The van der Waals surface area contributed by atoms with E-state index in [9.17, 15) is 5.26 Å². The van der Waals surface area contributed by atoms with Crippen LogP contribution in [0.5, 0.6) is 0 Å². The quantitative estimate of drug-likeness (QED) is 0.168. The smallest absolute Gasteiger partial charge is 0.218 e. The van der Waals surface area contributed by atoms with Crippen LogP contribution in [-0.4, -0.2) is 10.8 Å². The van der Waals surface area contributed by atoms with Crippen LogP contribution in [0.3, 0.4) is 0 Å². The zero-order valence-corrected chi connectivity index (χ0v) is 32.6. The summed E-state index contributed by atoms with van der Waals surface area (Å²) in [7, 11) is 0. The van der Waals surface area contributed by atoms with Gasteiger partial charge in [0.25, 0.3) is 0 Å². The van der Waals surface area contributed by atoms with Gasteiger partial charge in [-0.25, -0.2) is 0 Å². The normalized spacial score (nSPS) is 14.8. The number of nitriles is 1. The zero-order chi connectivity index (χ0) is 39.9. The van der Waals surface area contributed by atoms with Crippen molar-refractivity contribution in [1.29, 1.82) is 5.26 Å². The van der Waals surface area contributed by atoms with E-state index in [-0.39, 0.29) is 0 Å². The van der Waals surface area contributed by atoms with Gasteiger partial charge in [-0.05, 0) is 126 Å². The van der Waals surface area contributed by atoms with Gasteiger partial charge in [-0.2, -0.15) is 9.84 Å². The third kappa shape index (κ3) is 5.22. The molecule has 0 bridgehead atoms. The summed E-state index contributed by atoms with van der Waals surface area (Å²) in [5.41, 5.74) is 16.4. The first-order valence-electron chi connectivity index (χ1n) is 20.1. The van der Waals surface area contributed by atoms with E-state index in [0.717, 1.165) is 99.8 Å². The van der Waals surface area contributed by atoms with E-state index >= 15 is 0 Å². The highest BCUT2D eigenvalue weighted by Crippen LogP contribution is 2.41. The number of aromatic nitrogens is 1. The summed E-state index contributed by atoms with van der Waals surface area (Å²) < 4.78 is 17.0. The summed E-state index contributed by atoms with van der Waals surface area (Å²) in [6, 6.07) is 61.9. The van der Waals surface area contributed by atoms with E-state index in [2.05, 4.69) is 174 Å². The Kier molecular flexibility index (Phi) is 7.44. The van der Waals surface area contributed by atoms with E-state index in [1.54, 1.807) is 6.07 Å². The Bertz CT molecular complexity index is 3730. The molecule has 12 rings (SSSR count). The zero-order valence-electron chi connectivity index (χ0n) is 32.6. The molecule has 4 heterocycles. The number of allylic oxidation sites excluding steroid dienone is 4. The van der Waals surface area contributed by atoms with Gasteiger partial charge in [0.05, 0.1) is 28.2 Å². The molecule has 0 amide bonds. The summed E-state index contributed by atoms with van der Waals surface area (Å²) in [5, 5.41) is 16.1. The van der Waals surface area contributed by atoms with Gasteiger partial charge in [0.1, 0.15) is 22.3 Å². The molecule has 0 unspecified atom stereocenters. The summed E-state index contributed by atoms with van der Waals surface area (Å²) in [6.45, 7) is 2.23. The molecule has 280 valence electrons. The summed E-state index contributed by atoms with van der Waals surface area (Å²) in [6.07, 6.45) is 6.52. The fourth-order valence-corrected chi connectivity index (χ4v) is 9.23. The Morgan fingerprint density at radius 3 is 1.92 bits per heavy atom. The molecular formula is C55H34N3O2+. The van der Waals surface area contributed by atoms with Crippen LogP contribution in [0.25, 0.3) is 93.6 Å². The molecule has 60 heavy (non-hydrogen) atoms. The minimum Gasteiger partial charge on any atom is -0.456 e. The van der Waals surface area contributed by atoms with Gasteiger partial charge in [-0.15, -0.1) is 0 Å². The van der Waals surface area contributed by atoms with Crippen LogP contribution in [0.15, 0.2) is 191 Å². The van der Waals surface area contributed by atoms with Crippen LogP contribution in [-0.2, 0) is 0 Å². The number of benzene rings is 8. The lowest BCUT2D eigenvalue weighted by atomic mass is 9.92. The SMILES string of the molecule is C/C1=C(c2ccc3c(c2)c2cc(-c4ccc5oc6ccccc6c5c4)ccc2n3-c2ccccc2)\C=C/C=[N+](c2ccc3oc4ccc(C#N)cc4c3c2)c2ccccc21. The molecular weight excluding hydrogens is 735 g/mol. The van der Waals surface area contributed by atoms with E-state index in [4.69, 9.17) is 8.83 Å². The van der Waals surface area contributed by atoms with Gasteiger partial charge >= 0.3 is 0 Å². The Hall–Kier alpha value is -8.20. The fraction of sp³-hybridized carbons (Fsp3) is 0.0182. The molecule has 3 aromatic heterocycles. The van der Waals surface area contributed by atoms with Crippen molar-refractivity contribution in [3.63, 3.8) is 0 Å². The molecule has 0 spiro atoms. The first-order valence-corrected chi connectivity index (χ1v) is 20.1. The Morgan fingerprint density at radius 1 is 0.517 bits per heavy atom. The van der Waals surface area contributed by atoms with E-state index in [1.165, 1.54) is 16.3 Å². The highest BCUT2D eigenvalue weighted by atomic mass is 16.3. The van der Waals surface area contributed by atoms with Crippen molar-refractivity contribution in [2.24, 2.45) is 0 Å². The molecule has 0 saturated heterocycles. The van der Waals surface area contributed by atoms with E-state index < -0.39 is 0 Å². The molecule has 0 atom stereocenters. The number of hydrogen-bond acceptors (Lipinski definition) is 3. The second kappa shape index (κ2) is 13.2. The lowest BCUT2D eigenvalue weighted by molar-refractivity contribution is 0.668. The largest absolute Gasteiger partial charge is 0.456 e. The van der Waals surface area contributed by atoms with Crippen LogP contribution < -0.4 is 4.58 Å². The molecule has 0 radical (unpaired) electrons. The Labute approximate surface area is 344 Å². The minimum absolute atomic E-state index is 0.611. The van der Waals surface area contributed by atoms with E-state index in [0.29, 0.717) is 5.56 Å². The van der Waals surface area contributed by atoms with E-state index in [1.807, 2.05) is 30.3 Å². The van der Waals surface area contributed by atoms with Gasteiger partial charge < -0.3 is 13.4 Å². The third-order valence-corrected chi connectivity index (χ3v) is 12.1. The predicted octanol–water partition coefficient (Wildman–Crippen LogP) is 14.5. The van der Waals surface area contributed by atoms with Gasteiger partial charge in [0, 0.05) is 62.3 Å². The maximum absolute atomic E-state index is 9.60. The molecule has 8 aromatic carbocycles. The number of furan rings is 2. The molecule has 0 N–H and O–H groups in total. The van der Waals surface area contributed by atoms with Gasteiger partial charge in [-0.3, -0.25) is 0 Å². The average molecular weight is 769 g/mol. The number of rotatable bonds is 4. The molecule has 0 aliphatic carbocycles. The third-order valence-electron chi connectivity index (χ3n) is 12.1. The standard InChI is InChI=1S/C55H34N3O2/c1-34-41(14-9-27-57(49-15-7-5-12-42(34)49)40-21-26-55-48(32-40)46-28-35(33-56)17-24-53(46)60-55)38-19-23-51-45(31-38)44-29-36(18-22-50(44)58(51)39-10-3-2-4-11-39)37-20-25-54-47(30-37)43-13-6-8-16-52(43)59-54/h2-32H,1H3/q+1/b14-9-,27-9?,41-14?,41-34-,42-34?,57-27?,57-49?. The van der Waals surface area contributed by atoms with Crippen molar-refractivity contribution < 1.29 is 8.83 Å². The molecule has 11 aromatic rings. The summed E-state index contributed by atoms with van der Waals surface area (Å²) >= 11 is 0. The lowest BCUT2D eigenvalue weighted by Crippen LogP contribution is -2.08. The predicted molar refractivity (Wildman–Crippen MR) is 248 cm³/mol. The van der Waals surface area contributed by atoms with Crippen LogP contribution >= 0.6 is 0 Å². The second-order valence-corrected chi connectivity index (χ2v) is 15.5. The van der Waals surface area contributed by atoms with Crippen LogP contribution in [0.4, 0.5) is 11.4 Å². The molecule has 0 saturated carbocycles. The Morgan fingerprint density at radius 2 is 1.12 bits per heavy atom. The molecule has 5 nitrogen and oxygen atoms in total. The first kappa shape index (κ1) is 33.9. The lowest BCUT2D eigenvalue weighted by Gasteiger charge is -2.15. The van der Waals surface area contributed by atoms with Crippen molar-refractivity contribution in [2.75, 3.05) is 0 Å². The highest BCUT2D eigenvalue weighted by molar-refractivity contribution is 6.13. The number of fused-ring (bicyclic) bond motifs is 10. The van der Waals surface area contributed by atoms with Crippen LogP contribution in [0.2, 0.25) is 0 Å². The highest BCUT2D eigenvalue weighted by Gasteiger charge is 2.24. The van der Waals surface area contributed by atoms with Gasteiger partial charge in [-0.1, -0.05) is 66.7 Å². The van der Waals surface area contributed by atoms with Gasteiger partial charge in [0.2, 0.25) is 11.4 Å². The number of hydrogen-bond donors (Lipinski definition) is 0. The number of nitrogens with zero attached hydrogens (tertiary/aromatic N) is 3. The summed E-state index contributed by atoms with van der Waals surface area (Å²) in [5.74, 6) is 0. The van der Waals surface area contributed by atoms with Crippen molar-refractivity contribution >= 4 is 94.4 Å². The van der Waals surface area contributed by atoms with Crippen molar-refractivity contribution in [2.45, 2.75) is 6.92 Å². The van der Waals surface area contributed by atoms with Crippen LogP contribution in [0, 0.1) is 11.3 Å². The fourth-order valence-electron chi connectivity index (χ4n) is 9.23. The molecule has 0 fully saturated rings. The molecule has 1 aliphatic rings. The first-order chi connectivity index (χ1) is 29.6. The monoisotopic (exact) mass is 768 g/mol. The van der Waals surface area contributed by atoms with Gasteiger partial charge in [0.15, 0.2) is 6.21 Å². The molecule has 5 heteroatoms. The van der Waals surface area contributed by atoms with Crippen molar-refractivity contribution in [1.82, 2.24) is 9.14 Å². The maximum Gasteiger partial charge on any atom is 0.218 e. The van der Waals surface area contributed by atoms with Crippen LogP contribution in [0.1, 0.15) is 23.6 Å². The molecule has 1 aliphatic heterocycles.